The van der Waals surface area contributed by atoms with Crippen LogP contribution in [0.1, 0.15) is 50.3 Å². The molecule has 4 nitrogen and oxygen atoms in total. The highest BCUT2D eigenvalue weighted by molar-refractivity contribution is 5.79. The molecule has 1 saturated heterocycles. The third-order valence-electron chi connectivity index (χ3n) is 5.42. The van der Waals surface area contributed by atoms with Crippen LogP contribution < -0.4 is 10.2 Å². The van der Waals surface area contributed by atoms with Crippen molar-refractivity contribution in [1.29, 1.82) is 5.26 Å². The molecule has 1 unspecified atom stereocenters. The Morgan fingerprint density at radius 1 is 1.21 bits per heavy atom. The maximum Gasteiger partial charge on any atom is 0.225 e. The van der Waals surface area contributed by atoms with Crippen LogP contribution in [0.4, 0.5) is 5.69 Å². The van der Waals surface area contributed by atoms with Crippen LogP contribution in [0.15, 0.2) is 48.5 Å². The largest absolute Gasteiger partial charge is 0.371 e. The molecule has 1 N–H and O–H groups in total. The second kappa shape index (κ2) is 8.48. The second-order valence-corrected chi connectivity index (χ2v) is 8.61. The molecule has 1 heterocycles. The molecule has 146 valence electrons. The summed E-state index contributed by atoms with van der Waals surface area (Å²) in [5, 5.41) is 12.2. The van der Waals surface area contributed by atoms with Gasteiger partial charge in [0.1, 0.15) is 0 Å². The molecular weight excluding hydrogens is 346 g/mol. The Labute approximate surface area is 168 Å². The van der Waals surface area contributed by atoms with Crippen LogP contribution in [-0.4, -0.2) is 19.0 Å². The number of hydrogen-bond acceptors (Lipinski definition) is 3. The number of carbonyl (C=O) groups is 1. The van der Waals surface area contributed by atoms with Gasteiger partial charge < -0.3 is 10.2 Å². The summed E-state index contributed by atoms with van der Waals surface area (Å²) in [4.78, 5) is 14.9. The van der Waals surface area contributed by atoms with Crippen molar-refractivity contribution in [3.05, 3.63) is 65.2 Å². The number of benzene rings is 2. The van der Waals surface area contributed by atoms with Gasteiger partial charge in [-0.25, -0.2) is 0 Å². The zero-order chi connectivity index (χ0) is 20.1. The van der Waals surface area contributed by atoms with Gasteiger partial charge in [-0.1, -0.05) is 51.1 Å². The molecule has 0 saturated carbocycles. The Bertz CT molecular complexity index is 859. The normalized spacial score (nSPS) is 17.1. The third kappa shape index (κ3) is 4.92. The summed E-state index contributed by atoms with van der Waals surface area (Å²) in [7, 11) is 0. The number of rotatable bonds is 4. The van der Waals surface area contributed by atoms with E-state index >= 15 is 0 Å². The maximum atomic E-state index is 12.7. The third-order valence-corrected chi connectivity index (χ3v) is 5.42. The van der Waals surface area contributed by atoms with Gasteiger partial charge in [0.2, 0.25) is 5.91 Å². The maximum absolute atomic E-state index is 12.7. The molecule has 3 rings (SSSR count). The van der Waals surface area contributed by atoms with E-state index in [1.54, 1.807) is 0 Å². The number of anilines is 1. The lowest BCUT2D eigenvalue weighted by Crippen LogP contribution is -2.43. The van der Waals surface area contributed by atoms with E-state index in [2.05, 4.69) is 61.3 Å². The number of amides is 1. The van der Waals surface area contributed by atoms with Crippen molar-refractivity contribution in [3.8, 4) is 6.07 Å². The van der Waals surface area contributed by atoms with Crippen LogP contribution >= 0.6 is 0 Å². The van der Waals surface area contributed by atoms with Gasteiger partial charge in [-0.15, -0.1) is 0 Å². The minimum absolute atomic E-state index is 0.0201. The lowest BCUT2D eigenvalue weighted by Gasteiger charge is -2.33. The Hall–Kier alpha value is -2.80. The van der Waals surface area contributed by atoms with Crippen molar-refractivity contribution in [2.75, 3.05) is 18.0 Å². The minimum atomic E-state index is -0.0201. The summed E-state index contributed by atoms with van der Waals surface area (Å²) >= 11 is 0. The molecule has 2 aromatic rings. The summed E-state index contributed by atoms with van der Waals surface area (Å²) in [6.07, 6.45) is 1.89. The van der Waals surface area contributed by atoms with Crippen molar-refractivity contribution >= 4 is 11.6 Å². The standard InChI is InChI=1S/C24H29N3O/c1-24(2,3)21-11-9-18(10-12-21)16-26-23(28)20-7-5-13-27(17-20)22-8-4-6-19(14-22)15-25/h4,6,8-12,14,20H,5,7,13,16-17H2,1-3H3,(H,26,28). The first-order valence-corrected chi connectivity index (χ1v) is 9.99. The summed E-state index contributed by atoms with van der Waals surface area (Å²) < 4.78 is 0. The molecule has 2 aromatic carbocycles. The molecule has 28 heavy (non-hydrogen) atoms. The van der Waals surface area contributed by atoms with Gasteiger partial charge in [0, 0.05) is 25.3 Å². The van der Waals surface area contributed by atoms with Gasteiger partial charge in [0.15, 0.2) is 0 Å². The number of nitrogens with zero attached hydrogens (tertiary/aromatic N) is 2. The lowest BCUT2D eigenvalue weighted by atomic mass is 9.87. The van der Waals surface area contributed by atoms with Crippen molar-refractivity contribution in [3.63, 3.8) is 0 Å². The smallest absolute Gasteiger partial charge is 0.225 e. The predicted octanol–water partition coefficient (Wildman–Crippen LogP) is 4.39. The number of hydrogen-bond donors (Lipinski definition) is 1. The number of piperidine rings is 1. The first-order chi connectivity index (χ1) is 13.4. The van der Waals surface area contributed by atoms with Crippen LogP contribution in [0.25, 0.3) is 0 Å². The van der Waals surface area contributed by atoms with E-state index in [-0.39, 0.29) is 17.2 Å². The number of carbonyl (C=O) groups excluding carboxylic acids is 1. The lowest BCUT2D eigenvalue weighted by molar-refractivity contribution is -0.125. The zero-order valence-corrected chi connectivity index (χ0v) is 17.0. The first-order valence-electron chi connectivity index (χ1n) is 9.99. The molecule has 0 bridgehead atoms. The van der Waals surface area contributed by atoms with E-state index < -0.39 is 0 Å². The van der Waals surface area contributed by atoms with E-state index in [1.807, 2.05) is 24.3 Å². The molecule has 1 atom stereocenters. The van der Waals surface area contributed by atoms with Crippen LogP contribution in [0.3, 0.4) is 0 Å². The molecular formula is C24H29N3O. The van der Waals surface area contributed by atoms with E-state index in [1.165, 1.54) is 5.56 Å². The van der Waals surface area contributed by atoms with E-state index in [9.17, 15) is 4.79 Å². The molecule has 1 amide bonds. The minimum Gasteiger partial charge on any atom is -0.371 e. The topological polar surface area (TPSA) is 56.1 Å². The monoisotopic (exact) mass is 375 g/mol. The fraction of sp³-hybridized carbons (Fsp3) is 0.417. The number of nitrogens with one attached hydrogen (secondary N) is 1. The van der Waals surface area contributed by atoms with E-state index in [0.717, 1.165) is 30.6 Å². The van der Waals surface area contributed by atoms with Crippen LogP contribution in [-0.2, 0) is 16.8 Å². The highest BCUT2D eigenvalue weighted by Crippen LogP contribution is 2.25. The fourth-order valence-corrected chi connectivity index (χ4v) is 3.65. The fourth-order valence-electron chi connectivity index (χ4n) is 3.65. The summed E-state index contributed by atoms with van der Waals surface area (Å²) in [5.41, 5.74) is 4.23. The Morgan fingerprint density at radius 3 is 2.64 bits per heavy atom. The summed E-state index contributed by atoms with van der Waals surface area (Å²) in [6, 6.07) is 18.3. The van der Waals surface area contributed by atoms with E-state index in [4.69, 9.17) is 5.26 Å². The first kappa shape index (κ1) is 19.9. The van der Waals surface area contributed by atoms with Gasteiger partial charge in [-0.3, -0.25) is 4.79 Å². The SMILES string of the molecule is CC(C)(C)c1ccc(CNC(=O)C2CCCN(c3cccc(C#N)c3)C2)cc1. The predicted molar refractivity (Wildman–Crippen MR) is 113 cm³/mol. The Kier molecular flexibility index (Phi) is 6.04. The van der Waals surface area contributed by atoms with Crippen molar-refractivity contribution in [2.24, 2.45) is 5.92 Å². The average Bonchev–Trinajstić information content (AvgIpc) is 2.72. The Balaban J connectivity index is 1.57. The molecule has 1 fully saturated rings. The van der Waals surface area contributed by atoms with Crippen LogP contribution in [0, 0.1) is 17.2 Å². The van der Waals surface area contributed by atoms with Gasteiger partial charge in [-0.05, 0) is 47.6 Å². The van der Waals surface area contributed by atoms with Gasteiger partial charge in [0.05, 0.1) is 17.6 Å². The molecule has 4 heteroatoms. The van der Waals surface area contributed by atoms with Crippen molar-refractivity contribution < 1.29 is 4.79 Å². The summed E-state index contributed by atoms with van der Waals surface area (Å²) in [5.74, 6) is 0.0920. The van der Waals surface area contributed by atoms with Crippen molar-refractivity contribution in [1.82, 2.24) is 5.32 Å². The molecule has 0 aromatic heterocycles. The molecule has 0 spiro atoms. The highest BCUT2D eigenvalue weighted by atomic mass is 16.1. The molecule has 0 aliphatic carbocycles. The van der Waals surface area contributed by atoms with Crippen LogP contribution in [0.5, 0.6) is 0 Å². The number of nitriles is 1. The quantitative estimate of drug-likeness (QED) is 0.862. The molecule has 0 radical (unpaired) electrons. The van der Waals surface area contributed by atoms with Gasteiger partial charge >= 0.3 is 0 Å². The van der Waals surface area contributed by atoms with Crippen LogP contribution in [0.2, 0.25) is 0 Å². The molecule has 1 aliphatic rings. The average molecular weight is 376 g/mol. The molecule has 1 aliphatic heterocycles. The second-order valence-electron chi connectivity index (χ2n) is 8.61. The van der Waals surface area contributed by atoms with E-state index in [0.29, 0.717) is 18.7 Å². The summed E-state index contributed by atoms with van der Waals surface area (Å²) in [6.45, 7) is 8.78. The van der Waals surface area contributed by atoms with Gasteiger partial charge in [0.25, 0.3) is 0 Å². The zero-order valence-electron chi connectivity index (χ0n) is 17.0. The van der Waals surface area contributed by atoms with Crippen molar-refractivity contribution in [2.45, 2.75) is 45.6 Å². The highest BCUT2D eigenvalue weighted by Gasteiger charge is 2.26. The Morgan fingerprint density at radius 2 is 1.96 bits per heavy atom. The van der Waals surface area contributed by atoms with Gasteiger partial charge in [-0.2, -0.15) is 5.26 Å².